The molecule has 6 heteroatoms. The summed E-state index contributed by atoms with van der Waals surface area (Å²) in [5.74, 6) is 1.24. The Hall–Kier alpha value is -2.08. The standard InChI is InChI=1S/C24H34N2O4/c1-16(2)15-30-23(28)26-13-20-19(21(20)14-26)12-25-22(27)24(29,18-10-6-7-11-18)17-8-4-3-5-9-17/h3-5,8-9,16,18-21,29H,6-7,10-15H2,1-2H3,(H,25,27). The van der Waals surface area contributed by atoms with Crippen LogP contribution in [0, 0.1) is 29.6 Å². The number of ether oxygens (including phenoxy) is 1. The van der Waals surface area contributed by atoms with E-state index in [0.717, 1.165) is 25.7 Å². The number of amides is 2. The minimum absolute atomic E-state index is 0.0372. The molecule has 1 aromatic carbocycles. The molecule has 1 heterocycles. The molecule has 0 radical (unpaired) electrons. The van der Waals surface area contributed by atoms with E-state index in [9.17, 15) is 14.7 Å². The normalized spacial score (nSPS) is 27.6. The van der Waals surface area contributed by atoms with Gasteiger partial charge in [-0.3, -0.25) is 4.79 Å². The highest BCUT2D eigenvalue weighted by molar-refractivity contribution is 5.86. The maximum absolute atomic E-state index is 13.2. The minimum Gasteiger partial charge on any atom is -0.449 e. The van der Waals surface area contributed by atoms with Gasteiger partial charge in [0.25, 0.3) is 5.91 Å². The summed E-state index contributed by atoms with van der Waals surface area (Å²) in [6, 6.07) is 9.36. The van der Waals surface area contributed by atoms with Crippen molar-refractivity contribution in [1.29, 1.82) is 0 Å². The van der Waals surface area contributed by atoms with Gasteiger partial charge in [-0.25, -0.2) is 4.79 Å². The zero-order valence-electron chi connectivity index (χ0n) is 18.0. The van der Waals surface area contributed by atoms with Gasteiger partial charge in [0, 0.05) is 25.6 Å². The maximum Gasteiger partial charge on any atom is 0.409 e. The van der Waals surface area contributed by atoms with Crippen molar-refractivity contribution in [3.05, 3.63) is 35.9 Å². The predicted octanol–water partition coefficient (Wildman–Crippen LogP) is 3.15. The van der Waals surface area contributed by atoms with Gasteiger partial charge >= 0.3 is 6.09 Å². The van der Waals surface area contributed by atoms with Crippen LogP contribution in [-0.2, 0) is 15.1 Å². The molecule has 1 saturated heterocycles. The smallest absolute Gasteiger partial charge is 0.409 e. The summed E-state index contributed by atoms with van der Waals surface area (Å²) in [5.41, 5.74) is -0.779. The molecular formula is C24H34N2O4. The van der Waals surface area contributed by atoms with Crippen LogP contribution in [0.4, 0.5) is 4.79 Å². The van der Waals surface area contributed by atoms with E-state index >= 15 is 0 Å². The zero-order valence-corrected chi connectivity index (χ0v) is 18.0. The molecule has 3 unspecified atom stereocenters. The summed E-state index contributed by atoms with van der Waals surface area (Å²) in [4.78, 5) is 27.1. The summed E-state index contributed by atoms with van der Waals surface area (Å²) in [6.07, 6.45) is 3.64. The van der Waals surface area contributed by atoms with Crippen molar-refractivity contribution in [2.45, 2.75) is 45.1 Å². The van der Waals surface area contributed by atoms with Crippen molar-refractivity contribution in [3.63, 3.8) is 0 Å². The molecular weight excluding hydrogens is 380 g/mol. The number of aliphatic hydroxyl groups is 1. The Morgan fingerprint density at radius 3 is 2.40 bits per heavy atom. The molecule has 0 bridgehead atoms. The van der Waals surface area contributed by atoms with Gasteiger partial charge in [0.15, 0.2) is 5.60 Å². The molecule has 1 aromatic rings. The van der Waals surface area contributed by atoms with Crippen LogP contribution in [0.25, 0.3) is 0 Å². The van der Waals surface area contributed by atoms with Crippen molar-refractivity contribution >= 4 is 12.0 Å². The molecule has 0 spiro atoms. The van der Waals surface area contributed by atoms with E-state index in [-0.39, 0.29) is 17.9 Å². The molecule has 2 saturated carbocycles. The van der Waals surface area contributed by atoms with Crippen LogP contribution in [0.1, 0.15) is 45.1 Å². The first-order valence-corrected chi connectivity index (χ1v) is 11.4. The van der Waals surface area contributed by atoms with Crippen LogP contribution in [0.5, 0.6) is 0 Å². The highest BCUT2D eigenvalue weighted by Gasteiger charge is 2.57. The lowest BCUT2D eigenvalue weighted by Gasteiger charge is -2.33. The van der Waals surface area contributed by atoms with E-state index < -0.39 is 5.60 Å². The molecule has 3 fully saturated rings. The van der Waals surface area contributed by atoms with Crippen LogP contribution in [0.15, 0.2) is 30.3 Å². The summed E-state index contributed by atoms with van der Waals surface area (Å²) >= 11 is 0. The van der Waals surface area contributed by atoms with Crippen molar-refractivity contribution in [3.8, 4) is 0 Å². The monoisotopic (exact) mass is 414 g/mol. The van der Waals surface area contributed by atoms with E-state index in [1.165, 1.54) is 0 Å². The number of carbonyl (C=O) groups is 2. The summed E-state index contributed by atoms with van der Waals surface area (Å²) in [6.45, 7) is 6.46. The lowest BCUT2D eigenvalue weighted by Crippen LogP contribution is -2.49. The topological polar surface area (TPSA) is 78.9 Å². The van der Waals surface area contributed by atoms with E-state index in [0.29, 0.717) is 55.5 Å². The van der Waals surface area contributed by atoms with Crippen LogP contribution < -0.4 is 5.32 Å². The predicted molar refractivity (Wildman–Crippen MR) is 114 cm³/mol. The van der Waals surface area contributed by atoms with Crippen LogP contribution in [0.2, 0.25) is 0 Å². The zero-order chi connectivity index (χ0) is 21.3. The molecule has 2 aliphatic carbocycles. The number of nitrogens with zero attached hydrogens (tertiary/aromatic N) is 1. The second-order valence-corrected chi connectivity index (χ2v) is 9.69. The number of rotatable bonds is 7. The number of benzene rings is 1. The van der Waals surface area contributed by atoms with Crippen molar-refractivity contribution < 1.29 is 19.4 Å². The largest absolute Gasteiger partial charge is 0.449 e. The van der Waals surface area contributed by atoms with E-state index in [2.05, 4.69) is 5.32 Å². The molecule has 4 rings (SSSR count). The fourth-order valence-corrected chi connectivity index (χ4v) is 5.36. The maximum atomic E-state index is 13.2. The second-order valence-electron chi connectivity index (χ2n) is 9.69. The number of nitrogens with one attached hydrogen (secondary N) is 1. The first kappa shape index (κ1) is 21.2. The molecule has 3 aliphatic rings. The van der Waals surface area contributed by atoms with E-state index in [1.54, 1.807) is 4.90 Å². The molecule has 164 valence electrons. The summed E-state index contributed by atoms with van der Waals surface area (Å²) < 4.78 is 5.32. The van der Waals surface area contributed by atoms with Gasteiger partial charge in [-0.2, -0.15) is 0 Å². The second kappa shape index (κ2) is 8.58. The Balaban J connectivity index is 1.31. The van der Waals surface area contributed by atoms with Crippen LogP contribution in [-0.4, -0.2) is 48.2 Å². The average molecular weight is 415 g/mol. The SMILES string of the molecule is CC(C)COC(=O)N1CC2C(CNC(=O)C(O)(c3ccccc3)C3CCCC3)C2C1. The molecule has 3 atom stereocenters. The third-order valence-corrected chi connectivity index (χ3v) is 7.17. The third kappa shape index (κ3) is 4.07. The van der Waals surface area contributed by atoms with Gasteiger partial charge in [-0.05, 0) is 42.1 Å². The molecule has 6 nitrogen and oxygen atoms in total. The molecule has 30 heavy (non-hydrogen) atoms. The highest BCUT2D eigenvalue weighted by Crippen LogP contribution is 2.51. The first-order valence-electron chi connectivity index (χ1n) is 11.4. The summed E-state index contributed by atoms with van der Waals surface area (Å²) in [7, 11) is 0. The van der Waals surface area contributed by atoms with Gasteiger partial charge in [0.2, 0.25) is 0 Å². The Kier molecular flexibility index (Phi) is 6.05. The lowest BCUT2D eigenvalue weighted by atomic mass is 9.79. The number of likely N-dealkylation sites (tertiary alicyclic amines) is 1. The van der Waals surface area contributed by atoms with Gasteiger partial charge in [0.05, 0.1) is 6.61 Å². The Morgan fingerprint density at radius 2 is 1.80 bits per heavy atom. The quantitative estimate of drug-likeness (QED) is 0.718. The number of hydrogen-bond donors (Lipinski definition) is 2. The van der Waals surface area contributed by atoms with Crippen molar-refractivity contribution in [2.75, 3.05) is 26.2 Å². The Labute approximate surface area is 179 Å². The van der Waals surface area contributed by atoms with Gasteiger partial charge in [-0.15, -0.1) is 0 Å². The minimum atomic E-state index is -1.46. The first-order chi connectivity index (χ1) is 14.4. The van der Waals surface area contributed by atoms with Gasteiger partial charge in [-0.1, -0.05) is 57.0 Å². The molecule has 2 N–H and O–H groups in total. The lowest BCUT2D eigenvalue weighted by molar-refractivity contribution is -0.147. The van der Waals surface area contributed by atoms with Gasteiger partial charge < -0.3 is 20.1 Å². The molecule has 0 aromatic heterocycles. The van der Waals surface area contributed by atoms with Crippen LogP contribution >= 0.6 is 0 Å². The number of carbonyl (C=O) groups excluding carboxylic acids is 2. The summed E-state index contributed by atoms with van der Waals surface area (Å²) in [5, 5.41) is 14.6. The molecule has 2 amide bonds. The third-order valence-electron chi connectivity index (χ3n) is 7.17. The van der Waals surface area contributed by atoms with Crippen molar-refractivity contribution in [2.24, 2.45) is 29.6 Å². The average Bonchev–Trinajstić information content (AvgIpc) is 3.17. The number of fused-ring (bicyclic) bond motifs is 1. The fraction of sp³-hybridized carbons (Fsp3) is 0.667. The Morgan fingerprint density at radius 1 is 1.17 bits per heavy atom. The van der Waals surface area contributed by atoms with Crippen molar-refractivity contribution in [1.82, 2.24) is 10.2 Å². The highest BCUT2D eigenvalue weighted by atomic mass is 16.6. The number of hydrogen-bond acceptors (Lipinski definition) is 4. The van der Waals surface area contributed by atoms with Crippen LogP contribution in [0.3, 0.4) is 0 Å². The van der Waals surface area contributed by atoms with Gasteiger partial charge in [0.1, 0.15) is 0 Å². The Bertz CT molecular complexity index is 750. The fourth-order valence-electron chi connectivity index (χ4n) is 5.36. The molecule has 1 aliphatic heterocycles. The van der Waals surface area contributed by atoms with E-state index in [4.69, 9.17) is 4.74 Å². The number of piperidine rings is 1. The van der Waals surface area contributed by atoms with E-state index in [1.807, 2.05) is 44.2 Å².